The Bertz CT molecular complexity index is 1660. The molecule has 0 bridgehead atoms. The molecule has 0 aliphatic carbocycles. The van der Waals surface area contributed by atoms with Crippen LogP contribution >= 0.6 is 12.2 Å². The van der Waals surface area contributed by atoms with E-state index in [1.807, 2.05) is 53.6 Å². The van der Waals surface area contributed by atoms with Gasteiger partial charge in [0.1, 0.15) is 12.4 Å². The molecule has 2 aromatic heterocycles. The Morgan fingerprint density at radius 1 is 1.05 bits per heavy atom. The first-order valence-electron chi connectivity index (χ1n) is 13.4. The molecular weight excluding hydrogens is 579 g/mol. The number of benzene rings is 2. The van der Waals surface area contributed by atoms with Gasteiger partial charge in [-0.2, -0.15) is 13.2 Å². The van der Waals surface area contributed by atoms with Crippen molar-refractivity contribution in [2.75, 3.05) is 31.0 Å². The molecule has 0 unspecified atom stereocenters. The molecular formula is C31H30F3N5O3S. The number of anilines is 2. The van der Waals surface area contributed by atoms with E-state index in [9.17, 15) is 18.0 Å². The highest BCUT2D eigenvalue weighted by molar-refractivity contribution is 7.80. The smallest absolute Gasteiger partial charge is 0.416 e. The van der Waals surface area contributed by atoms with Crippen LogP contribution in [-0.4, -0.2) is 41.4 Å². The number of thiocarbonyl (C=S) groups is 1. The SMILES string of the molecule is COCC(=O)Nc1cc(N2C(=S)N[C@H](c3ccccn3)[C@@H]2c2cc(C)n(-c3cccc(C(F)(F)F)c3)c2C)ccc1OC. The molecule has 1 aliphatic rings. The maximum Gasteiger partial charge on any atom is 0.416 e. The van der Waals surface area contributed by atoms with Crippen LogP contribution in [0.2, 0.25) is 0 Å². The van der Waals surface area contributed by atoms with Gasteiger partial charge in [-0.25, -0.2) is 0 Å². The minimum atomic E-state index is -4.47. The minimum absolute atomic E-state index is 0.136. The van der Waals surface area contributed by atoms with Crippen LogP contribution in [0.15, 0.2) is 72.9 Å². The van der Waals surface area contributed by atoms with Gasteiger partial charge in [0.05, 0.1) is 36.1 Å². The molecule has 0 radical (unpaired) electrons. The molecule has 224 valence electrons. The van der Waals surface area contributed by atoms with Crippen molar-refractivity contribution in [3.05, 3.63) is 101 Å². The number of carbonyl (C=O) groups is 1. The second-order valence-electron chi connectivity index (χ2n) is 10.1. The van der Waals surface area contributed by atoms with E-state index in [4.69, 9.17) is 21.7 Å². The number of alkyl halides is 3. The third kappa shape index (κ3) is 5.93. The van der Waals surface area contributed by atoms with Crippen molar-refractivity contribution in [1.82, 2.24) is 14.9 Å². The zero-order valence-corrected chi connectivity index (χ0v) is 24.7. The standard InChI is InChI=1S/C31H30F3N5O3S/c1-18-14-23(19(2)38(18)21-9-7-8-20(15-21)31(32,33)34)29-28(24-10-5-6-13-35-24)37-30(43)39(29)22-11-12-26(42-4)25(16-22)36-27(40)17-41-3/h5-16,28-29H,17H2,1-4H3,(H,36,40)(H,37,43)/t28-,29+/m1/s1. The molecule has 3 heterocycles. The molecule has 2 atom stereocenters. The maximum absolute atomic E-state index is 13.6. The van der Waals surface area contributed by atoms with Gasteiger partial charge in [-0.3, -0.25) is 9.78 Å². The van der Waals surface area contributed by atoms with Crippen molar-refractivity contribution in [2.24, 2.45) is 0 Å². The summed E-state index contributed by atoms with van der Waals surface area (Å²) in [7, 11) is 2.94. The average Bonchev–Trinajstić information content (AvgIpc) is 3.47. The zero-order valence-electron chi connectivity index (χ0n) is 23.9. The minimum Gasteiger partial charge on any atom is -0.495 e. The van der Waals surface area contributed by atoms with Gasteiger partial charge >= 0.3 is 6.18 Å². The largest absolute Gasteiger partial charge is 0.495 e. The number of halogens is 3. The highest BCUT2D eigenvalue weighted by Crippen LogP contribution is 2.45. The number of methoxy groups -OCH3 is 2. The van der Waals surface area contributed by atoms with Gasteiger partial charge in [-0.05, 0) is 86.2 Å². The number of rotatable bonds is 8. The van der Waals surface area contributed by atoms with Crippen LogP contribution in [0.5, 0.6) is 5.75 Å². The number of nitrogens with zero attached hydrogens (tertiary/aromatic N) is 3. The second-order valence-corrected chi connectivity index (χ2v) is 10.5. The highest BCUT2D eigenvalue weighted by atomic mass is 32.1. The average molecular weight is 610 g/mol. The number of nitrogens with one attached hydrogen (secondary N) is 2. The van der Waals surface area contributed by atoms with Gasteiger partial charge in [-0.1, -0.05) is 12.1 Å². The first-order chi connectivity index (χ1) is 20.5. The fourth-order valence-electron chi connectivity index (χ4n) is 5.52. The number of amides is 1. The molecule has 4 aromatic rings. The number of aryl methyl sites for hydroxylation is 1. The topological polar surface area (TPSA) is 80.7 Å². The van der Waals surface area contributed by atoms with Crippen LogP contribution in [0.4, 0.5) is 24.5 Å². The van der Waals surface area contributed by atoms with Gasteiger partial charge in [0, 0.05) is 36.1 Å². The lowest BCUT2D eigenvalue weighted by Crippen LogP contribution is -2.29. The summed E-state index contributed by atoms with van der Waals surface area (Å²) in [5.74, 6) is 0.0967. The summed E-state index contributed by atoms with van der Waals surface area (Å²) in [4.78, 5) is 18.9. The van der Waals surface area contributed by atoms with E-state index in [1.165, 1.54) is 20.3 Å². The highest BCUT2D eigenvalue weighted by Gasteiger charge is 2.42. The molecule has 5 rings (SSSR count). The monoisotopic (exact) mass is 609 g/mol. The lowest BCUT2D eigenvalue weighted by atomic mass is 9.96. The van der Waals surface area contributed by atoms with Crippen LogP contribution in [0.1, 0.15) is 40.3 Å². The third-order valence-electron chi connectivity index (χ3n) is 7.33. The van der Waals surface area contributed by atoms with Gasteiger partial charge in [-0.15, -0.1) is 0 Å². The van der Waals surface area contributed by atoms with Gasteiger partial charge in [0.25, 0.3) is 0 Å². The van der Waals surface area contributed by atoms with Crippen molar-refractivity contribution in [3.63, 3.8) is 0 Å². The fraction of sp³-hybridized carbons (Fsp3) is 0.258. The summed E-state index contributed by atoms with van der Waals surface area (Å²) < 4.78 is 53.0. The lowest BCUT2D eigenvalue weighted by Gasteiger charge is -2.29. The molecule has 0 saturated carbocycles. The summed E-state index contributed by atoms with van der Waals surface area (Å²) in [6.45, 7) is 3.60. The van der Waals surface area contributed by atoms with Gasteiger partial charge in [0.15, 0.2) is 5.11 Å². The Balaban J connectivity index is 1.65. The van der Waals surface area contributed by atoms with Crippen molar-refractivity contribution < 1.29 is 27.4 Å². The normalized spacial score (nSPS) is 16.7. The van der Waals surface area contributed by atoms with Crippen LogP contribution in [0.25, 0.3) is 5.69 Å². The molecule has 1 amide bonds. The summed E-state index contributed by atoms with van der Waals surface area (Å²) in [6, 6.07) is 17.3. The third-order valence-corrected chi connectivity index (χ3v) is 7.64. The Kier molecular flexibility index (Phi) is 8.43. The number of hydrogen-bond donors (Lipinski definition) is 2. The lowest BCUT2D eigenvalue weighted by molar-refractivity contribution is -0.137. The Morgan fingerprint density at radius 3 is 2.51 bits per heavy atom. The Labute approximate surface area is 252 Å². The molecule has 1 fully saturated rings. The van der Waals surface area contributed by atoms with Crippen molar-refractivity contribution in [2.45, 2.75) is 32.1 Å². The molecule has 1 aliphatic heterocycles. The van der Waals surface area contributed by atoms with Crippen LogP contribution < -0.4 is 20.3 Å². The van der Waals surface area contributed by atoms with Crippen LogP contribution in [0, 0.1) is 13.8 Å². The Morgan fingerprint density at radius 2 is 1.84 bits per heavy atom. The second kappa shape index (κ2) is 12.1. The van der Waals surface area contributed by atoms with E-state index in [2.05, 4.69) is 15.6 Å². The van der Waals surface area contributed by atoms with Crippen molar-refractivity contribution in [3.8, 4) is 11.4 Å². The number of ether oxygens (including phenoxy) is 2. The molecule has 2 N–H and O–H groups in total. The molecule has 1 saturated heterocycles. The fourth-order valence-corrected chi connectivity index (χ4v) is 5.86. The molecule has 12 heteroatoms. The summed E-state index contributed by atoms with van der Waals surface area (Å²) in [5, 5.41) is 6.63. The van der Waals surface area contributed by atoms with Crippen molar-refractivity contribution >= 4 is 34.6 Å². The van der Waals surface area contributed by atoms with E-state index in [-0.39, 0.29) is 12.5 Å². The van der Waals surface area contributed by atoms with Gasteiger partial charge < -0.3 is 29.6 Å². The molecule has 0 spiro atoms. The molecule has 2 aromatic carbocycles. The van der Waals surface area contributed by atoms with E-state index in [0.717, 1.165) is 34.8 Å². The quantitative estimate of drug-likeness (QED) is 0.228. The molecule has 43 heavy (non-hydrogen) atoms. The van der Waals surface area contributed by atoms with Gasteiger partial charge in [0.2, 0.25) is 5.91 Å². The summed E-state index contributed by atoms with van der Waals surface area (Å²) in [5.41, 5.74) is 3.86. The Hall–Kier alpha value is -4.42. The van der Waals surface area contributed by atoms with Crippen LogP contribution in [-0.2, 0) is 15.7 Å². The number of pyridine rings is 1. The van der Waals surface area contributed by atoms with Crippen LogP contribution in [0.3, 0.4) is 0 Å². The summed E-state index contributed by atoms with van der Waals surface area (Å²) in [6.07, 6.45) is -2.77. The summed E-state index contributed by atoms with van der Waals surface area (Å²) >= 11 is 5.86. The molecule has 8 nitrogen and oxygen atoms in total. The maximum atomic E-state index is 13.6. The number of carbonyl (C=O) groups excluding carboxylic acids is 1. The first kappa shape index (κ1) is 30.1. The van der Waals surface area contributed by atoms with Crippen molar-refractivity contribution in [1.29, 1.82) is 0 Å². The zero-order chi connectivity index (χ0) is 30.9. The van der Waals surface area contributed by atoms with E-state index in [0.29, 0.717) is 27.9 Å². The van der Waals surface area contributed by atoms with E-state index in [1.54, 1.807) is 24.4 Å². The number of hydrogen-bond acceptors (Lipinski definition) is 5. The number of aromatic nitrogens is 2. The predicted molar refractivity (Wildman–Crippen MR) is 162 cm³/mol. The first-order valence-corrected chi connectivity index (χ1v) is 13.8. The van der Waals surface area contributed by atoms with E-state index >= 15 is 0 Å². The predicted octanol–water partition coefficient (Wildman–Crippen LogP) is 6.28. The van der Waals surface area contributed by atoms with E-state index < -0.39 is 23.8 Å².